The number of amides is 1. The first-order chi connectivity index (χ1) is 16.3. The van der Waals surface area contributed by atoms with Gasteiger partial charge in [0.25, 0.3) is 5.91 Å². The SMILES string of the molecule is CON/C=C\C(=C/N)NC(=O)c1c(Oc2ccc(OC(F)(F)F)cc2N)ccc(C(F)(F)F)c1F. The first-order valence-corrected chi connectivity index (χ1v) is 9.18. The minimum absolute atomic E-state index is 0.171. The Kier molecular flexibility index (Phi) is 8.41. The minimum Gasteiger partial charge on any atom is -0.454 e. The van der Waals surface area contributed by atoms with E-state index < -0.39 is 58.3 Å². The largest absolute Gasteiger partial charge is 0.573 e. The van der Waals surface area contributed by atoms with Crippen molar-refractivity contribution in [3.63, 3.8) is 0 Å². The number of ether oxygens (including phenoxy) is 2. The quantitative estimate of drug-likeness (QED) is 0.181. The third-order valence-electron chi connectivity index (χ3n) is 3.96. The first kappa shape index (κ1) is 27.1. The number of hydroxylamine groups is 1. The van der Waals surface area contributed by atoms with Gasteiger partial charge in [-0.1, -0.05) is 0 Å². The Labute approximate surface area is 192 Å². The van der Waals surface area contributed by atoms with Gasteiger partial charge >= 0.3 is 12.5 Å². The zero-order valence-corrected chi connectivity index (χ0v) is 17.6. The van der Waals surface area contributed by atoms with Gasteiger partial charge in [-0.15, -0.1) is 13.2 Å². The highest BCUT2D eigenvalue weighted by Crippen LogP contribution is 2.39. The van der Waals surface area contributed by atoms with E-state index in [2.05, 4.69) is 20.4 Å². The van der Waals surface area contributed by atoms with Crippen molar-refractivity contribution in [1.29, 1.82) is 0 Å². The van der Waals surface area contributed by atoms with Gasteiger partial charge in [-0.3, -0.25) is 15.1 Å². The van der Waals surface area contributed by atoms with Crippen molar-refractivity contribution >= 4 is 11.6 Å². The molecule has 35 heavy (non-hydrogen) atoms. The van der Waals surface area contributed by atoms with Crippen LogP contribution in [-0.4, -0.2) is 19.4 Å². The molecule has 1 amide bonds. The highest BCUT2D eigenvalue weighted by atomic mass is 19.4. The van der Waals surface area contributed by atoms with Crippen molar-refractivity contribution in [3.05, 3.63) is 71.4 Å². The topological polar surface area (TPSA) is 121 Å². The van der Waals surface area contributed by atoms with Crippen LogP contribution in [0.2, 0.25) is 0 Å². The average Bonchev–Trinajstić information content (AvgIpc) is 2.73. The predicted molar refractivity (Wildman–Crippen MR) is 108 cm³/mol. The van der Waals surface area contributed by atoms with Crippen molar-refractivity contribution in [2.45, 2.75) is 12.5 Å². The number of carbonyl (C=O) groups is 1. The van der Waals surface area contributed by atoms with Gasteiger partial charge in [0.05, 0.1) is 24.1 Å². The molecular formula is C20H17F7N4O4. The molecule has 0 atom stereocenters. The van der Waals surface area contributed by atoms with Crippen molar-refractivity contribution < 1.29 is 49.8 Å². The van der Waals surface area contributed by atoms with E-state index in [-0.39, 0.29) is 5.70 Å². The number of halogens is 7. The molecule has 0 spiro atoms. The molecule has 0 bridgehead atoms. The Morgan fingerprint density at radius 3 is 2.26 bits per heavy atom. The molecule has 0 aliphatic heterocycles. The maximum atomic E-state index is 14.9. The van der Waals surface area contributed by atoms with Gasteiger partial charge < -0.3 is 26.3 Å². The predicted octanol–water partition coefficient (Wildman–Crippen LogP) is 4.31. The highest BCUT2D eigenvalue weighted by Gasteiger charge is 2.37. The molecule has 0 heterocycles. The second kappa shape index (κ2) is 10.9. The number of anilines is 1. The number of alkyl halides is 6. The Morgan fingerprint density at radius 2 is 1.71 bits per heavy atom. The van der Waals surface area contributed by atoms with E-state index in [0.717, 1.165) is 30.6 Å². The highest BCUT2D eigenvalue weighted by molar-refractivity contribution is 5.99. The summed E-state index contributed by atoms with van der Waals surface area (Å²) in [5.74, 6) is -5.20. The summed E-state index contributed by atoms with van der Waals surface area (Å²) in [5.41, 5.74) is 9.66. The summed E-state index contributed by atoms with van der Waals surface area (Å²) in [5, 5.41) is 2.09. The minimum atomic E-state index is -5.16. The Morgan fingerprint density at radius 1 is 1.06 bits per heavy atom. The normalized spacial score (nSPS) is 12.5. The molecule has 8 nitrogen and oxygen atoms in total. The van der Waals surface area contributed by atoms with Gasteiger partial charge in [-0.05, 0) is 30.3 Å². The first-order valence-electron chi connectivity index (χ1n) is 9.18. The van der Waals surface area contributed by atoms with Crippen LogP contribution in [0.4, 0.5) is 36.4 Å². The van der Waals surface area contributed by atoms with Crippen LogP contribution in [0.25, 0.3) is 0 Å². The van der Waals surface area contributed by atoms with Crippen LogP contribution in [0.15, 0.2) is 54.5 Å². The van der Waals surface area contributed by atoms with Crippen molar-refractivity contribution in [2.24, 2.45) is 5.73 Å². The average molecular weight is 510 g/mol. The molecule has 0 fully saturated rings. The summed E-state index contributed by atoms with van der Waals surface area (Å²) >= 11 is 0. The van der Waals surface area contributed by atoms with Crippen molar-refractivity contribution in [1.82, 2.24) is 10.8 Å². The molecule has 0 radical (unpaired) electrons. The maximum Gasteiger partial charge on any atom is 0.573 e. The van der Waals surface area contributed by atoms with E-state index in [1.807, 2.05) is 0 Å². The Hall–Kier alpha value is -4.14. The summed E-state index contributed by atoms with van der Waals surface area (Å²) in [4.78, 5) is 17.2. The summed E-state index contributed by atoms with van der Waals surface area (Å²) < 4.78 is 101. The second-order valence-electron chi connectivity index (χ2n) is 6.38. The van der Waals surface area contributed by atoms with Crippen LogP contribution in [0.3, 0.4) is 0 Å². The van der Waals surface area contributed by atoms with E-state index >= 15 is 0 Å². The standard InChI is InChI=1S/C20H17F7N4O4/c1-33-30-7-6-10(9-28)31-18(32)16-15(5-3-12(17(16)21)19(22,23)24)34-14-4-2-11(8-13(14)29)35-20(25,26)27/h2-9,30H,28-29H2,1H3,(H,31,32)/b7-6-,10-9+. The lowest BCUT2D eigenvalue weighted by Gasteiger charge is -2.17. The van der Waals surface area contributed by atoms with Crippen LogP contribution in [0, 0.1) is 5.82 Å². The van der Waals surface area contributed by atoms with Gasteiger partial charge in [-0.2, -0.15) is 13.2 Å². The van der Waals surface area contributed by atoms with Gasteiger partial charge in [0.2, 0.25) is 0 Å². The van der Waals surface area contributed by atoms with Crippen LogP contribution in [0.5, 0.6) is 17.2 Å². The van der Waals surface area contributed by atoms with Crippen LogP contribution < -0.4 is 31.7 Å². The van der Waals surface area contributed by atoms with Crippen LogP contribution in [0.1, 0.15) is 15.9 Å². The number of hydrogen-bond donors (Lipinski definition) is 4. The molecule has 2 rings (SSSR count). The Balaban J connectivity index is 2.49. The molecule has 0 saturated carbocycles. The molecule has 0 aliphatic rings. The lowest BCUT2D eigenvalue weighted by atomic mass is 10.1. The number of nitrogens with two attached hydrogens (primary N) is 2. The number of rotatable bonds is 8. The van der Waals surface area contributed by atoms with E-state index in [9.17, 15) is 35.5 Å². The summed E-state index contributed by atoms with van der Waals surface area (Å²) in [7, 11) is 1.27. The molecule has 0 aliphatic carbocycles. The molecule has 0 unspecified atom stereocenters. The fourth-order valence-electron chi connectivity index (χ4n) is 2.53. The monoisotopic (exact) mass is 510 g/mol. The van der Waals surface area contributed by atoms with Crippen molar-refractivity contribution in [2.75, 3.05) is 12.8 Å². The zero-order chi connectivity index (χ0) is 26.4. The number of allylic oxidation sites excluding steroid dienone is 1. The lowest BCUT2D eigenvalue weighted by Crippen LogP contribution is -2.26. The third-order valence-corrected chi connectivity index (χ3v) is 3.96. The van der Waals surface area contributed by atoms with Crippen molar-refractivity contribution in [3.8, 4) is 17.2 Å². The maximum absolute atomic E-state index is 14.9. The zero-order valence-electron chi connectivity index (χ0n) is 17.6. The molecule has 2 aromatic rings. The molecule has 190 valence electrons. The number of hydrogen-bond acceptors (Lipinski definition) is 7. The summed E-state index contributed by atoms with van der Waals surface area (Å²) in [6.07, 6.45) is -7.02. The molecular weight excluding hydrogens is 493 g/mol. The van der Waals surface area contributed by atoms with Gasteiger partial charge in [0, 0.05) is 18.5 Å². The van der Waals surface area contributed by atoms with E-state index in [4.69, 9.17) is 16.2 Å². The van der Waals surface area contributed by atoms with Crippen LogP contribution >= 0.6 is 0 Å². The summed E-state index contributed by atoms with van der Waals surface area (Å²) in [6, 6.07) is 3.36. The smallest absolute Gasteiger partial charge is 0.454 e. The number of nitrogens with one attached hydrogen (secondary N) is 2. The summed E-state index contributed by atoms with van der Waals surface area (Å²) in [6.45, 7) is 0. The second-order valence-corrected chi connectivity index (χ2v) is 6.38. The van der Waals surface area contributed by atoms with Gasteiger partial charge in [0.1, 0.15) is 17.1 Å². The van der Waals surface area contributed by atoms with Gasteiger partial charge in [0.15, 0.2) is 11.6 Å². The molecule has 0 saturated heterocycles. The number of nitrogen functional groups attached to an aromatic ring is 1. The molecule has 6 N–H and O–H groups in total. The number of carbonyl (C=O) groups excluding carboxylic acids is 1. The van der Waals surface area contributed by atoms with Crippen LogP contribution in [-0.2, 0) is 11.0 Å². The Bertz CT molecular complexity index is 1130. The van der Waals surface area contributed by atoms with E-state index in [0.29, 0.717) is 18.2 Å². The number of benzene rings is 2. The fraction of sp³-hybridized carbons (Fsp3) is 0.150. The van der Waals surface area contributed by atoms with E-state index in [1.165, 1.54) is 7.11 Å². The molecule has 2 aromatic carbocycles. The van der Waals surface area contributed by atoms with Gasteiger partial charge in [-0.25, -0.2) is 4.39 Å². The fourth-order valence-corrected chi connectivity index (χ4v) is 2.53. The molecule has 15 heteroatoms. The molecule has 0 aromatic heterocycles. The lowest BCUT2D eigenvalue weighted by molar-refractivity contribution is -0.274. The third kappa shape index (κ3) is 7.43. The van der Waals surface area contributed by atoms with E-state index in [1.54, 1.807) is 0 Å².